The molecule has 1 unspecified atom stereocenters. The largest absolute Gasteiger partial charge is 0.492 e. The van der Waals surface area contributed by atoms with Gasteiger partial charge in [0.15, 0.2) is 0 Å². The van der Waals surface area contributed by atoms with Crippen LogP contribution in [0.2, 0.25) is 0 Å². The van der Waals surface area contributed by atoms with Gasteiger partial charge in [-0.15, -0.1) is 0 Å². The van der Waals surface area contributed by atoms with Crippen LogP contribution < -0.4 is 10.1 Å². The number of benzene rings is 1. The number of nitrogens with zero attached hydrogens (tertiary/aromatic N) is 1. The van der Waals surface area contributed by atoms with Crippen molar-refractivity contribution in [1.82, 2.24) is 10.2 Å². The van der Waals surface area contributed by atoms with E-state index in [1.54, 1.807) is 0 Å². The van der Waals surface area contributed by atoms with Crippen LogP contribution in [0, 0.1) is 0 Å². The Morgan fingerprint density at radius 1 is 1.35 bits per heavy atom. The topological polar surface area (TPSA) is 33.7 Å². The van der Waals surface area contributed by atoms with E-state index in [4.69, 9.17) is 9.47 Å². The Kier molecular flexibility index (Phi) is 4.55. The second kappa shape index (κ2) is 6.57. The van der Waals surface area contributed by atoms with Crippen LogP contribution in [0.15, 0.2) is 18.2 Å². The standard InChI is InChI=1S/C16H24N2O2/c1-17-15-6-5-14-13(15)3-2-4-16(14)20-12-9-18-7-10-19-11-8-18/h2-4,15,17H,5-12H2,1H3. The lowest BCUT2D eigenvalue weighted by Crippen LogP contribution is -2.38. The van der Waals surface area contributed by atoms with E-state index in [1.807, 2.05) is 7.05 Å². The highest BCUT2D eigenvalue weighted by Gasteiger charge is 2.23. The molecular weight excluding hydrogens is 252 g/mol. The van der Waals surface area contributed by atoms with Gasteiger partial charge in [-0.2, -0.15) is 0 Å². The van der Waals surface area contributed by atoms with Crippen molar-refractivity contribution in [3.05, 3.63) is 29.3 Å². The van der Waals surface area contributed by atoms with Crippen molar-refractivity contribution in [3.63, 3.8) is 0 Å². The summed E-state index contributed by atoms with van der Waals surface area (Å²) in [4.78, 5) is 2.41. The van der Waals surface area contributed by atoms with E-state index >= 15 is 0 Å². The fourth-order valence-electron chi connectivity index (χ4n) is 3.17. The molecule has 0 radical (unpaired) electrons. The third-order valence-electron chi connectivity index (χ3n) is 4.34. The zero-order valence-electron chi connectivity index (χ0n) is 12.2. The molecule has 0 aromatic heterocycles. The molecule has 110 valence electrons. The maximum Gasteiger partial charge on any atom is 0.122 e. The first-order valence-electron chi connectivity index (χ1n) is 7.60. The van der Waals surface area contributed by atoms with Crippen LogP contribution in [-0.2, 0) is 11.2 Å². The number of hydrogen-bond donors (Lipinski definition) is 1. The summed E-state index contributed by atoms with van der Waals surface area (Å²) in [6, 6.07) is 6.93. The highest BCUT2D eigenvalue weighted by molar-refractivity contribution is 5.45. The number of ether oxygens (including phenoxy) is 2. The normalized spacial score (nSPS) is 22.8. The molecule has 0 saturated carbocycles. The number of fused-ring (bicyclic) bond motifs is 1. The van der Waals surface area contributed by atoms with Crippen LogP contribution in [0.5, 0.6) is 5.75 Å². The molecule has 1 N–H and O–H groups in total. The second-order valence-corrected chi connectivity index (χ2v) is 5.51. The predicted octanol–water partition coefficient (Wildman–Crippen LogP) is 1.60. The molecule has 1 saturated heterocycles. The molecule has 1 aromatic rings. The van der Waals surface area contributed by atoms with Gasteiger partial charge in [0, 0.05) is 25.7 Å². The van der Waals surface area contributed by atoms with E-state index in [0.717, 1.165) is 51.6 Å². The highest BCUT2D eigenvalue weighted by Crippen LogP contribution is 2.36. The first kappa shape index (κ1) is 13.9. The molecule has 4 nitrogen and oxygen atoms in total. The average molecular weight is 276 g/mol. The van der Waals surface area contributed by atoms with E-state index in [-0.39, 0.29) is 0 Å². The monoisotopic (exact) mass is 276 g/mol. The van der Waals surface area contributed by atoms with Gasteiger partial charge in [0.25, 0.3) is 0 Å². The van der Waals surface area contributed by atoms with Crippen LogP contribution in [0.1, 0.15) is 23.6 Å². The van der Waals surface area contributed by atoms with E-state index in [2.05, 4.69) is 28.4 Å². The molecule has 0 spiro atoms. The van der Waals surface area contributed by atoms with Crippen LogP contribution >= 0.6 is 0 Å². The minimum Gasteiger partial charge on any atom is -0.492 e. The summed E-state index contributed by atoms with van der Waals surface area (Å²) in [7, 11) is 2.03. The Morgan fingerprint density at radius 2 is 2.20 bits per heavy atom. The maximum absolute atomic E-state index is 6.03. The molecule has 3 rings (SSSR count). The fraction of sp³-hybridized carbons (Fsp3) is 0.625. The summed E-state index contributed by atoms with van der Waals surface area (Å²) in [5.74, 6) is 1.08. The third-order valence-corrected chi connectivity index (χ3v) is 4.34. The summed E-state index contributed by atoms with van der Waals surface area (Å²) < 4.78 is 11.4. The molecule has 1 fully saturated rings. The molecular formula is C16H24N2O2. The Hall–Kier alpha value is -1.10. The van der Waals surface area contributed by atoms with Gasteiger partial charge in [-0.05, 0) is 37.1 Å². The Labute approximate surface area is 121 Å². The molecule has 1 atom stereocenters. The molecule has 4 heteroatoms. The van der Waals surface area contributed by atoms with Crippen LogP contribution in [0.4, 0.5) is 0 Å². The summed E-state index contributed by atoms with van der Waals surface area (Å²) >= 11 is 0. The SMILES string of the molecule is CNC1CCc2c(OCCN3CCOCC3)cccc21. The van der Waals surface area contributed by atoms with Crippen molar-refractivity contribution in [1.29, 1.82) is 0 Å². The van der Waals surface area contributed by atoms with Gasteiger partial charge in [0.1, 0.15) is 12.4 Å². The van der Waals surface area contributed by atoms with Gasteiger partial charge < -0.3 is 14.8 Å². The molecule has 1 aliphatic carbocycles. The van der Waals surface area contributed by atoms with Crippen molar-refractivity contribution in [2.75, 3.05) is 46.5 Å². The van der Waals surface area contributed by atoms with E-state index < -0.39 is 0 Å². The molecule has 0 amide bonds. The van der Waals surface area contributed by atoms with Gasteiger partial charge in [-0.3, -0.25) is 4.90 Å². The van der Waals surface area contributed by atoms with Gasteiger partial charge in [-0.25, -0.2) is 0 Å². The zero-order chi connectivity index (χ0) is 13.8. The van der Waals surface area contributed by atoms with Crippen LogP contribution in [-0.4, -0.2) is 51.4 Å². The second-order valence-electron chi connectivity index (χ2n) is 5.51. The molecule has 1 aromatic carbocycles. The molecule has 20 heavy (non-hydrogen) atoms. The summed E-state index contributed by atoms with van der Waals surface area (Å²) in [6.45, 7) is 5.51. The number of rotatable bonds is 5. The summed E-state index contributed by atoms with van der Waals surface area (Å²) in [5, 5.41) is 3.38. The Bertz CT molecular complexity index is 444. The van der Waals surface area contributed by atoms with Crippen molar-refractivity contribution in [3.8, 4) is 5.75 Å². The highest BCUT2D eigenvalue weighted by atomic mass is 16.5. The molecule has 1 aliphatic heterocycles. The first-order chi connectivity index (χ1) is 9.88. The smallest absolute Gasteiger partial charge is 0.122 e. The van der Waals surface area contributed by atoms with E-state index in [9.17, 15) is 0 Å². The van der Waals surface area contributed by atoms with Crippen LogP contribution in [0.25, 0.3) is 0 Å². The summed E-state index contributed by atoms with van der Waals surface area (Å²) in [6.07, 6.45) is 2.30. The van der Waals surface area contributed by atoms with E-state index in [0.29, 0.717) is 6.04 Å². The van der Waals surface area contributed by atoms with Crippen molar-refractivity contribution in [2.45, 2.75) is 18.9 Å². The first-order valence-corrected chi connectivity index (χ1v) is 7.60. The van der Waals surface area contributed by atoms with Crippen molar-refractivity contribution in [2.24, 2.45) is 0 Å². The fourth-order valence-corrected chi connectivity index (χ4v) is 3.17. The van der Waals surface area contributed by atoms with E-state index in [1.165, 1.54) is 17.5 Å². The number of hydrogen-bond acceptors (Lipinski definition) is 4. The lowest BCUT2D eigenvalue weighted by Gasteiger charge is -2.26. The zero-order valence-corrected chi connectivity index (χ0v) is 12.2. The predicted molar refractivity (Wildman–Crippen MR) is 79.3 cm³/mol. The minimum absolute atomic E-state index is 0.493. The quantitative estimate of drug-likeness (QED) is 0.886. The molecule has 1 heterocycles. The molecule has 0 bridgehead atoms. The lowest BCUT2D eigenvalue weighted by molar-refractivity contribution is 0.0322. The van der Waals surface area contributed by atoms with Crippen molar-refractivity contribution >= 4 is 0 Å². The average Bonchev–Trinajstić information content (AvgIpc) is 2.92. The van der Waals surface area contributed by atoms with Gasteiger partial charge in [0.05, 0.1) is 13.2 Å². The van der Waals surface area contributed by atoms with Gasteiger partial charge in [0.2, 0.25) is 0 Å². The minimum atomic E-state index is 0.493. The number of nitrogens with one attached hydrogen (secondary N) is 1. The Morgan fingerprint density at radius 3 is 3.00 bits per heavy atom. The third kappa shape index (κ3) is 2.97. The van der Waals surface area contributed by atoms with Gasteiger partial charge in [-0.1, -0.05) is 12.1 Å². The lowest BCUT2D eigenvalue weighted by atomic mass is 10.1. The molecule has 2 aliphatic rings. The number of morpholine rings is 1. The van der Waals surface area contributed by atoms with Crippen molar-refractivity contribution < 1.29 is 9.47 Å². The Balaban J connectivity index is 1.57. The van der Waals surface area contributed by atoms with Gasteiger partial charge >= 0.3 is 0 Å². The maximum atomic E-state index is 6.03. The van der Waals surface area contributed by atoms with Crippen LogP contribution in [0.3, 0.4) is 0 Å². The summed E-state index contributed by atoms with van der Waals surface area (Å²) in [5.41, 5.74) is 2.81.